The van der Waals surface area contributed by atoms with Gasteiger partial charge in [0.25, 0.3) is 0 Å². The van der Waals surface area contributed by atoms with Crippen molar-refractivity contribution in [1.82, 2.24) is 5.32 Å². The molecule has 124 valence electrons. The van der Waals surface area contributed by atoms with Crippen LogP contribution in [0.2, 0.25) is 0 Å². The molecule has 0 unspecified atom stereocenters. The van der Waals surface area contributed by atoms with Gasteiger partial charge in [-0.05, 0) is 23.8 Å². The van der Waals surface area contributed by atoms with Gasteiger partial charge < -0.3 is 14.8 Å². The third kappa shape index (κ3) is 5.65. The van der Waals surface area contributed by atoms with E-state index in [1.807, 2.05) is 30.3 Å². The number of benzene rings is 2. The van der Waals surface area contributed by atoms with Crippen LogP contribution in [0.25, 0.3) is 0 Å². The van der Waals surface area contributed by atoms with E-state index in [1.54, 1.807) is 6.07 Å². The Morgan fingerprint density at radius 2 is 2.00 bits per heavy atom. The smallest absolute Gasteiger partial charge is 0.407 e. The maximum Gasteiger partial charge on any atom is 0.407 e. The number of methoxy groups -OCH3 is 1. The molecule has 1 amide bonds. The highest BCUT2D eigenvalue weighted by molar-refractivity contribution is 5.67. The van der Waals surface area contributed by atoms with Gasteiger partial charge in [-0.2, -0.15) is 0 Å². The summed E-state index contributed by atoms with van der Waals surface area (Å²) in [7, 11) is 1.40. The molecule has 0 aliphatic heterocycles. The predicted octanol–water partition coefficient (Wildman–Crippen LogP) is 3.50. The number of ether oxygens (including phenoxy) is 2. The number of amides is 1. The molecule has 0 saturated heterocycles. The Labute approximate surface area is 140 Å². The molecule has 0 atom stereocenters. The first kappa shape index (κ1) is 17.4. The van der Waals surface area contributed by atoms with Gasteiger partial charge >= 0.3 is 6.09 Å². The van der Waals surface area contributed by atoms with Crippen LogP contribution in [-0.2, 0) is 11.3 Å². The number of carbonyl (C=O) groups is 1. The lowest BCUT2D eigenvalue weighted by molar-refractivity contribution is 0.140. The van der Waals surface area contributed by atoms with Gasteiger partial charge in [0.05, 0.1) is 7.11 Å². The van der Waals surface area contributed by atoms with Crippen molar-refractivity contribution in [2.24, 2.45) is 0 Å². The zero-order valence-electron chi connectivity index (χ0n) is 13.3. The highest BCUT2D eigenvalue weighted by atomic mass is 19.1. The molecule has 2 aromatic carbocycles. The summed E-state index contributed by atoms with van der Waals surface area (Å²) in [4.78, 5) is 11.5. The third-order valence-electron chi connectivity index (χ3n) is 3.12. The second-order valence-electron chi connectivity index (χ2n) is 4.89. The molecule has 2 rings (SSSR count). The molecular formula is C19H18FNO3. The minimum absolute atomic E-state index is 0.157. The van der Waals surface area contributed by atoms with Gasteiger partial charge in [-0.3, -0.25) is 0 Å². The highest BCUT2D eigenvalue weighted by Crippen LogP contribution is 2.17. The summed E-state index contributed by atoms with van der Waals surface area (Å²) >= 11 is 0. The standard InChI is InChI=1S/C19H18FNO3/c1-23-18-13-15(10-11-17(18)20)7-5-6-12-21-19(22)24-14-16-8-3-2-4-9-16/h2-4,8-11,13H,6,12,14H2,1H3,(H,21,22). The quantitative estimate of drug-likeness (QED) is 0.675. The molecular weight excluding hydrogens is 309 g/mol. The van der Waals surface area contributed by atoms with Crippen molar-refractivity contribution in [3.05, 3.63) is 65.5 Å². The van der Waals surface area contributed by atoms with Gasteiger partial charge in [-0.25, -0.2) is 9.18 Å². The molecule has 1 N–H and O–H groups in total. The van der Waals surface area contributed by atoms with E-state index in [0.29, 0.717) is 18.5 Å². The minimum atomic E-state index is -0.482. The van der Waals surface area contributed by atoms with Gasteiger partial charge in [0.2, 0.25) is 0 Å². The second-order valence-corrected chi connectivity index (χ2v) is 4.89. The molecule has 24 heavy (non-hydrogen) atoms. The lowest BCUT2D eigenvalue weighted by atomic mass is 10.2. The van der Waals surface area contributed by atoms with Gasteiger partial charge in [0.15, 0.2) is 11.6 Å². The Hall–Kier alpha value is -3.00. The Balaban J connectivity index is 1.70. The fourth-order valence-corrected chi connectivity index (χ4v) is 1.90. The Morgan fingerprint density at radius 1 is 1.21 bits per heavy atom. The summed E-state index contributed by atoms with van der Waals surface area (Å²) in [6, 6.07) is 13.9. The monoisotopic (exact) mass is 327 g/mol. The van der Waals surface area contributed by atoms with Crippen LogP contribution < -0.4 is 10.1 Å². The van der Waals surface area contributed by atoms with Crippen molar-refractivity contribution in [2.45, 2.75) is 13.0 Å². The fraction of sp³-hybridized carbons (Fsp3) is 0.211. The Bertz CT molecular complexity index is 735. The molecule has 0 saturated carbocycles. The van der Waals surface area contributed by atoms with E-state index in [4.69, 9.17) is 9.47 Å². The lowest BCUT2D eigenvalue weighted by Crippen LogP contribution is -2.24. The number of hydrogen-bond donors (Lipinski definition) is 1. The maximum atomic E-state index is 13.3. The Morgan fingerprint density at radius 3 is 2.75 bits per heavy atom. The van der Waals surface area contributed by atoms with Gasteiger partial charge in [0, 0.05) is 18.5 Å². The van der Waals surface area contributed by atoms with Crippen molar-refractivity contribution in [1.29, 1.82) is 0 Å². The number of alkyl carbamates (subject to hydrolysis) is 1. The number of halogens is 1. The van der Waals surface area contributed by atoms with Crippen LogP contribution in [0.4, 0.5) is 9.18 Å². The first-order valence-corrected chi connectivity index (χ1v) is 7.46. The van der Waals surface area contributed by atoms with Crippen molar-refractivity contribution in [3.63, 3.8) is 0 Å². The highest BCUT2D eigenvalue weighted by Gasteiger charge is 2.02. The summed E-state index contributed by atoms with van der Waals surface area (Å²) in [6.45, 7) is 0.604. The molecule has 0 aromatic heterocycles. The van der Waals surface area contributed by atoms with E-state index < -0.39 is 11.9 Å². The maximum absolute atomic E-state index is 13.3. The predicted molar refractivity (Wildman–Crippen MR) is 89.1 cm³/mol. The van der Waals surface area contributed by atoms with E-state index in [0.717, 1.165) is 5.56 Å². The molecule has 0 radical (unpaired) electrons. The fourth-order valence-electron chi connectivity index (χ4n) is 1.90. The first-order chi connectivity index (χ1) is 11.7. The van der Waals surface area contributed by atoms with E-state index >= 15 is 0 Å². The van der Waals surface area contributed by atoms with Crippen molar-refractivity contribution in [2.75, 3.05) is 13.7 Å². The second kappa shape index (κ2) is 9.21. The molecule has 0 aliphatic carbocycles. The SMILES string of the molecule is COc1cc(C#CCCNC(=O)OCc2ccccc2)ccc1F. The summed E-state index contributed by atoms with van der Waals surface area (Å²) in [5.41, 5.74) is 1.58. The summed E-state index contributed by atoms with van der Waals surface area (Å²) in [6.07, 6.45) is -0.0238. The van der Waals surface area contributed by atoms with E-state index in [1.165, 1.54) is 19.2 Å². The average Bonchev–Trinajstić information content (AvgIpc) is 2.62. The molecule has 5 heteroatoms. The minimum Gasteiger partial charge on any atom is -0.494 e. The third-order valence-corrected chi connectivity index (χ3v) is 3.12. The molecule has 0 spiro atoms. The molecule has 4 nitrogen and oxygen atoms in total. The summed E-state index contributed by atoms with van der Waals surface area (Å²) < 4.78 is 23.2. The van der Waals surface area contributed by atoms with Gasteiger partial charge in [-0.1, -0.05) is 42.2 Å². The zero-order chi connectivity index (χ0) is 17.2. The number of nitrogens with one attached hydrogen (secondary N) is 1. The average molecular weight is 327 g/mol. The first-order valence-electron chi connectivity index (χ1n) is 7.46. The zero-order valence-corrected chi connectivity index (χ0v) is 13.3. The van der Waals surface area contributed by atoms with Crippen LogP contribution >= 0.6 is 0 Å². The largest absolute Gasteiger partial charge is 0.494 e. The summed E-state index contributed by atoms with van der Waals surface area (Å²) in [5, 5.41) is 2.62. The van der Waals surface area contributed by atoms with E-state index in [9.17, 15) is 9.18 Å². The number of carbonyl (C=O) groups excluding carboxylic acids is 1. The van der Waals surface area contributed by atoms with Gasteiger partial charge in [-0.15, -0.1) is 0 Å². The molecule has 0 fully saturated rings. The van der Waals surface area contributed by atoms with Crippen LogP contribution in [0.15, 0.2) is 48.5 Å². The normalized spacial score (nSPS) is 9.58. The van der Waals surface area contributed by atoms with Gasteiger partial charge in [0.1, 0.15) is 6.61 Å². The van der Waals surface area contributed by atoms with Crippen molar-refractivity contribution in [3.8, 4) is 17.6 Å². The van der Waals surface area contributed by atoms with E-state index in [-0.39, 0.29) is 12.4 Å². The number of hydrogen-bond acceptors (Lipinski definition) is 3. The van der Waals surface area contributed by atoms with Crippen LogP contribution in [0.5, 0.6) is 5.75 Å². The van der Waals surface area contributed by atoms with E-state index in [2.05, 4.69) is 17.2 Å². The molecule has 0 heterocycles. The van der Waals surface area contributed by atoms with Crippen LogP contribution in [0.1, 0.15) is 17.5 Å². The summed E-state index contributed by atoms with van der Waals surface area (Å²) in [5.74, 6) is 5.52. The molecule has 0 aliphatic rings. The van der Waals surface area contributed by atoms with Crippen molar-refractivity contribution < 1.29 is 18.7 Å². The Kier molecular flexibility index (Phi) is 6.66. The van der Waals surface area contributed by atoms with Crippen LogP contribution in [-0.4, -0.2) is 19.7 Å². The van der Waals surface area contributed by atoms with Crippen LogP contribution in [0, 0.1) is 17.7 Å². The van der Waals surface area contributed by atoms with Crippen LogP contribution in [0.3, 0.4) is 0 Å². The topological polar surface area (TPSA) is 47.6 Å². The van der Waals surface area contributed by atoms with Crippen molar-refractivity contribution >= 4 is 6.09 Å². The molecule has 0 bridgehead atoms. The lowest BCUT2D eigenvalue weighted by Gasteiger charge is -2.05. The number of rotatable bonds is 5. The molecule has 2 aromatic rings.